The van der Waals surface area contributed by atoms with Crippen LogP contribution in [0, 0.1) is 0 Å². The van der Waals surface area contributed by atoms with Gasteiger partial charge in [-0.25, -0.2) is 4.98 Å². The van der Waals surface area contributed by atoms with Crippen molar-refractivity contribution in [1.29, 1.82) is 0 Å². The zero-order chi connectivity index (χ0) is 23.8. The lowest BCUT2D eigenvalue weighted by Crippen LogP contribution is -2.35. The van der Waals surface area contributed by atoms with Gasteiger partial charge in [-0.15, -0.1) is 0 Å². The second-order valence-electron chi connectivity index (χ2n) is 8.60. The van der Waals surface area contributed by atoms with E-state index in [0.29, 0.717) is 43.1 Å². The molecule has 4 heterocycles. The Morgan fingerprint density at radius 2 is 1.97 bits per heavy atom. The Bertz CT molecular complexity index is 1060. The molecule has 2 aromatic heterocycles. The number of amides is 2. The number of nitrogens with zero attached hydrogens (tertiary/aromatic N) is 3. The lowest BCUT2D eigenvalue weighted by Gasteiger charge is -2.24. The van der Waals surface area contributed by atoms with E-state index in [1.54, 1.807) is 6.07 Å². The highest BCUT2D eigenvalue weighted by Crippen LogP contribution is 2.30. The van der Waals surface area contributed by atoms with E-state index in [2.05, 4.69) is 11.9 Å². The van der Waals surface area contributed by atoms with Crippen LogP contribution in [0.5, 0.6) is 0 Å². The predicted molar refractivity (Wildman–Crippen MR) is 114 cm³/mol. The van der Waals surface area contributed by atoms with Crippen LogP contribution in [-0.2, 0) is 36.9 Å². The van der Waals surface area contributed by atoms with Crippen LogP contribution in [0.1, 0.15) is 69.7 Å². The predicted octanol–water partition coefficient (Wildman–Crippen LogP) is 3.33. The summed E-state index contributed by atoms with van der Waals surface area (Å²) in [6, 6.07) is 4.48. The second kappa shape index (κ2) is 9.17. The maximum atomic E-state index is 12.7. The first kappa shape index (κ1) is 23.3. The summed E-state index contributed by atoms with van der Waals surface area (Å²) < 4.78 is 43.8. The number of primary amides is 1. The summed E-state index contributed by atoms with van der Waals surface area (Å²) in [6.45, 7) is 4.31. The van der Waals surface area contributed by atoms with E-state index in [-0.39, 0.29) is 11.9 Å². The molecule has 0 aromatic carbocycles. The lowest BCUT2D eigenvalue weighted by molar-refractivity contribution is -0.141. The number of hydrogen-bond donors (Lipinski definition) is 1. The number of halogens is 3. The number of likely N-dealkylation sites (tertiary alicyclic amines) is 1. The summed E-state index contributed by atoms with van der Waals surface area (Å²) in [5.74, 6) is -0.515. The molecule has 0 radical (unpaired) electrons. The van der Waals surface area contributed by atoms with Crippen LogP contribution in [0.4, 0.5) is 13.2 Å². The van der Waals surface area contributed by atoms with Gasteiger partial charge in [0, 0.05) is 24.8 Å². The molecule has 0 bridgehead atoms. The Morgan fingerprint density at radius 3 is 2.64 bits per heavy atom. The zero-order valence-electron chi connectivity index (χ0n) is 18.5. The number of aromatic nitrogens is 2. The fourth-order valence-electron chi connectivity index (χ4n) is 4.68. The van der Waals surface area contributed by atoms with Crippen LogP contribution in [-0.4, -0.2) is 45.5 Å². The molecule has 2 amide bonds. The first-order valence-electron chi connectivity index (χ1n) is 11.1. The van der Waals surface area contributed by atoms with Crippen molar-refractivity contribution in [3.05, 3.63) is 52.1 Å². The summed E-state index contributed by atoms with van der Waals surface area (Å²) in [7, 11) is 0. The molecule has 3 aliphatic rings. The molecule has 1 fully saturated rings. The minimum Gasteiger partial charge on any atom is -0.373 e. The Balaban J connectivity index is 0.000000172. The Labute approximate surface area is 189 Å². The molecule has 5 rings (SSSR count). The van der Waals surface area contributed by atoms with Crippen molar-refractivity contribution in [1.82, 2.24) is 14.5 Å². The smallest absolute Gasteiger partial charge is 0.373 e. The number of carbonyl (C=O) groups is 2. The third kappa shape index (κ3) is 4.75. The van der Waals surface area contributed by atoms with Crippen LogP contribution in [0.2, 0.25) is 0 Å². The second-order valence-corrected chi connectivity index (χ2v) is 8.60. The fourth-order valence-corrected chi connectivity index (χ4v) is 4.68. The maximum absolute atomic E-state index is 12.7. The number of alkyl halides is 3. The number of fused-ring (bicyclic) bond motifs is 2. The summed E-state index contributed by atoms with van der Waals surface area (Å²) in [5.41, 5.74) is 7.90. The first-order chi connectivity index (χ1) is 15.7. The number of hydrogen-bond acceptors (Lipinski definition) is 4. The van der Waals surface area contributed by atoms with Crippen LogP contribution in [0.3, 0.4) is 0 Å². The standard InChI is InChI=1S/C14H19N3O3.C9H8F3N/c1-9-3-2-4-16(9)14(19)11-7-10(13(15)18)12-8-20-6-5-17(11)12;10-9(11,12)8-5-4-6-2-1-3-7(6)13-8/h7,9H,2-6,8H2,1H3,(H2,15,18);4-5H,1-3H2. The summed E-state index contributed by atoms with van der Waals surface area (Å²) in [4.78, 5) is 29.7. The average Bonchev–Trinajstić information content (AvgIpc) is 3.50. The molecule has 2 aliphatic heterocycles. The van der Waals surface area contributed by atoms with Gasteiger partial charge in [0.25, 0.3) is 11.8 Å². The van der Waals surface area contributed by atoms with Crippen LogP contribution in [0.15, 0.2) is 18.2 Å². The van der Waals surface area contributed by atoms with Crippen LogP contribution < -0.4 is 5.73 Å². The van der Waals surface area contributed by atoms with Gasteiger partial charge in [-0.05, 0) is 56.7 Å². The van der Waals surface area contributed by atoms with Gasteiger partial charge in [0.2, 0.25) is 0 Å². The van der Waals surface area contributed by atoms with Gasteiger partial charge in [0.15, 0.2) is 0 Å². The van der Waals surface area contributed by atoms with E-state index in [4.69, 9.17) is 10.5 Å². The van der Waals surface area contributed by atoms with E-state index in [0.717, 1.165) is 49.6 Å². The third-order valence-corrected chi connectivity index (χ3v) is 6.42. The molecule has 0 saturated carbocycles. The van der Waals surface area contributed by atoms with E-state index >= 15 is 0 Å². The minimum atomic E-state index is -4.31. The van der Waals surface area contributed by atoms with E-state index < -0.39 is 17.8 Å². The summed E-state index contributed by atoms with van der Waals surface area (Å²) in [5, 5.41) is 0. The van der Waals surface area contributed by atoms with Crippen molar-refractivity contribution >= 4 is 11.8 Å². The highest BCUT2D eigenvalue weighted by molar-refractivity contribution is 6.00. The topological polar surface area (TPSA) is 90.5 Å². The average molecular weight is 464 g/mol. The lowest BCUT2D eigenvalue weighted by atomic mass is 10.2. The molecule has 0 spiro atoms. The number of aryl methyl sites for hydroxylation is 2. The van der Waals surface area contributed by atoms with Gasteiger partial charge >= 0.3 is 6.18 Å². The van der Waals surface area contributed by atoms with Gasteiger partial charge in [-0.2, -0.15) is 13.2 Å². The summed E-state index contributed by atoms with van der Waals surface area (Å²) in [6.07, 6.45) is 0.221. The molecule has 1 saturated heterocycles. The number of ether oxygens (including phenoxy) is 1. The fraction of sp³-hybridized carbons (Fsp3) is 0.522. The molecule has 33 heavy (non-hydrogen) atoms. The van der Waals surface area contributed by atoms with E-state index in [1.807, 2.05) is 9.47 Å². The molecule has 1 atom stereocenters. The van der Waals surface area contributed by atoms with Crippen LogP contribution in [0.25, 0.3) is 0 Å². The monoisotopic (exact) mass is 464 g/mol. The minimum absolute atomic E-state index is 0.00866. The van der Waals surface area contributed by atoms with E-state index in [1.165, 1.54) is 6.07 Å². The molecule has 1 aliphatic carbocycles. The molecule has 178 valence electrons. The molecular weight excluding hydrogens is 437 g/mol. The number of pyridine rings is 1. The number of rotatable bonds is 2. The number of nitrogens with two attached hydrogens (primary N) is 1. The largest absolute Gasteiger partial charge is 0.433 e. The van der Waals surface area contributed by atoms with Gasteiger partial charge in [0.05, 0.1) is 24.5 Å². The van der Waals surface area contributed by atoms with Gasteiger partial charge in [-0.3, -0.25) is 9.59 Å². The normalized spacial score (nSPS) is 19.5. The Morgan fingerprint density at radius 1 is 1.18 bits per heavy atom. The molecule has 7 nitrogen and oxygen atoms in total. The van der Waals surface area contributed by atoms with Gasteiger partial charge in [-0.1, -0.05) is 6.07 Å². The van der Waals surface area contributed by atoms with Crippen molar-refractivity contribution in [2.24, 2.45) is 5.73 Å². The molecule has 1 unspecified atom stereocenters. The third-order valence-electron chi connectivity index (χ3n) is 6.42. The molecular formula is C23H27F3N4O3. The Kier molecular flexibility index (Phi) is 6.47. The van der Waals surface area contributed by atoms with Gasteiger partial charge in [0.1, 0.15) is 11.4 Å². The first-order valence-corrected chi connectivity index (χ1v) is 11.1. The van der Waals surface area contributed by atoms with Crippen LogP contribution >= 0.6 is 0 Å². The maximum Gasteiger partial charge on any atom is 0.433 e. The molecule has 10 heteroatoms. The number of carbonyl (C=O) groups excluding carboxylic acids is 2. The highest BCUT2D eigenvalue weighted by atomic mass is 19.4. The summed E-state index contributed by atoms with van der Waals surface area (Å²) >= 11 is 0. The highest BCUT2D eigenvalue weighted by Gasteiger charge is 2.33. The quantitative estimate of drug-likeness (QED) is 0.738. The molecule has 2 aromatic rings. The Hall–Kier alpha value is -2.88. The van der Waals surface area contributed by atoms with Crippen molar-refractivity contribution in [2.45, 2.75) is 64.4 Å². The van der Waals surface area contributed by atoms with Gasteiger partial charge < -0.3 is 19.9 Å². The SMILES string of the molecule is CC1CCCN1C(=O)c1cc(C(N)=O)c2n1CCOC2.FC(F)(F)c1ccc2c(n1)CCC2. The van der Waals surface area contributed by atoms with Crippen molar-refractivity contribution in [3.63, 3.8) is 0 Å². The van der Waals surface area contributed by atoms with E-state index in [9.17, 15) is 22.8 Å². The molecule has 2 N–H and O–H groups in total. The van der Waals surface area contributed by atoms with Crippen molar-refractivity contribution in [3.8, 4) is 0 Å². The zero-order valence-corrected chi connectivity index (χ0v) is 18.5. The van der Waals surface area contributed by atoms with Crippen molar-refractivity contribution in [2.75, 3.05) is 13.2 Å². The van der Waals surface area contributed by atoms with Crippen molar-refractivity contribution < 1.29 is 27.5 Å².